The molecule has 0 amide bonds. The van der Waals surface area contributed by atoms with Crippen molar-refractivity contribution in [3.05, 3.63) is 31.7 Å². The van der Waals surface area contributed by atoms with Crippen LogP contribution in [0.3, 0.4) is 0 Å². The molecule has 0 spiro atoms. The van der Waals surface area contributed by atoms with Gasteiger partial charge in [-0.1, -0.05) is 46.4 Å². The summed E-state index contributed by atoms with van der Waals surface area (Å²) in [7, 11) is 0. The first kappa shape index (κ1) is 16.4. The van der Waals surface area contributed by atoms with E-state index < -0.39 is 0 Å². The molecule has 20 heavy (non-hydrogen) atoms. The lowest BCUT2D eigenvalue weighted by atomic mass is 10.00. The lowest BCUT2D eigenvalue weighted by Gasteiger charge is -2.22. The fourth-order valence-electron chi connectivity index (χ4n) is 2.27. The molecular formula is C14H14Cl4O2. The number of benzene rings is 1. The molecular weight excluding hydrogens is 342 g/mol. The third-order valence-corrected chi connectivity index (χ3v) is 4.92. The van der Waals surface area contributed by atoms with Crippen molar-refractivity contribution in [2.75, 3.05) is 6.61 Å². The molecule has 0 aliphatic carbocycles. The molecule has 0 aromatic heterocycles. The lowest BCUT2D eigenvalue weighted by molar-refractivity contribution is 0.0104. The maximum absolute atomic E-state index is 12.3. The van der Waals surface area contributed by atoms with Crippen LogP contribution in [-0.2, 0) is 4.74 Å². The van der Waals surface area contributed by atoms with E-state index in [-0.39, 0.29) is 37.5 Å². The van der Waals surface area contributed by atoms with Crippen LogP contribution in [0.25, 0.3) is 0 Å². The van der Waals surface area contributed by atoms with Gasteiger partial charge in [-0.15, -0.1) is 0 Å². The second-order valence-electron chi connectivity index (χ2n) is 4.79. The van der Waals surface area contributed by atoms with Crippen LogP contribution in [0.15, 0.2) is 6.07 Å². The van der Waals surface area contributed by atoms with Crippen LogP contribution in [0.4, 0.5) is 0 Å². The minimum atomic E-state index is -0.132. The van der Waals surface area contributed by atoms with Crippen molar-refractivity contribution in [1.29, 1.82) is 0 Å². The van der Waals surface area contributed by atoms with E-state index in [0.717, 1.165) is 25.9 Å². The van der Waals surface area contributed by atoms with Gasteiger partial charge in [0.25, 0.3) is 0 Å². The zero-order valence-corrected chi connectivity index (χ0v) is 13.7. The van der Waals surface area contributed by atoms with E-state index in [1.165, 1.54) is 6.07 Å². The van der Waals surface area contributed by atoms with Gasteiger partial charge in [0.1, 0.15) is 0 Å². The molecule has 1 aliphatic heterocycles. The number of Topliss-reactive ketones (excluding diaryl/α,β-unsaturated/α-hetero) is 1. The molecule has 1 heterocycles. The fourth-order valence-corrected chi connectivity index (χ4v) is 3.40. The summed E-state index contributed by atoms with van der Waals surface area (Å²) in [5, 5.41) is 0.765. The Bertz CT molecular complexity index is 510. The van der Waals surface area contributed by atoms with Crippen molar-refractivity contribution in [2.45, 2.75) is 38.2 Å². The first-order valence-electron chi connectivity index (χ1n) is 6.48. The van der Waals surface area contributed by atoms with Crippen molar-refractivity contribution in [3.63, 3.8) is 0 Å². The second kappa shape index (κ2) is 7.33. The van der Waals surface area contributed by atoms with Crippen LogP contribution in [-0.4, -0.2) is 18.5 Å². The minimum absolute atomic E-state index is 0.124. The number of hydrogen-bond donors (Lipinski definition) is 0. The Morgan fingerprint density at radius 3 is 2.55 bits per heavy atom. The molecule has 0 N–H and O–H groups in total. The molecule has 1 aliphatic rings. The van der Waals surface area contributed by atoms with E-state index in [4.69, 9.17) is 51.1 Å². The Morgan fingerprint density at radius 1 is 1.15 bits per heavy atom. The van der Waals surface area contributed by atoms with E-state index in [1.54, 1.807) is 0 Å². The number of carbonyl (C=O) groups excluding carboxylic acids is 1. The average Bonchev–Trinajstić information content (AvgIpc) is 2.44. The van der Waals surface area contributed by atoms with Crippen molar-refractivity contribution in [1.82, 2.24) is 0 Å². The number of rotatable bonds is 4. The van der Waals surface area contributed by atoms with Gasteiger partial charge in [0.05, 0.1) is 31.8 Å². The van der Waals surface area contributed by atoms with Gasteiger partial charge in [-0.05, 0) is 31.7 Å². The first-order valence-corrected chi connectivity index (χ1v) is 7.99. The third kappa shape index (κ3) is 3.80. The summed E-state index contributed by atoms with van der Waals surface area (Å²) in [6.07, 6.45) is 4.39. The number of carbonyl (C=O) groups is 1. The molecule has 1 saturated heterocycles. The number of ketones is 1. The lowest BCUT2D eigenvalue weighted by Crippen LogP contribution is -2.20. The molecule has 2 rings (SSSR count). The van der Waals surface area contributed by atoms with Gasteiger partial charge in [0.2, 0.25) is 0 Å². The molecule has 1 fully saturated rings. The van der Waals surface area contributed by atoms with Gasteiger partial charge in [-0.2, -0.15) is 0 Å². The van der Waals surface area contributed by atoms with Crippen LogP contribution in [0.5, 0.6) is 0 Å². The van der Waals surface area contributed by atoms with Gasteiger partial charge < -0.3 is 4.74 Å². The maximum atomic E-state index is 12.3. The van der Waals surface area contributed by atoms with Crippen molar-refractivity contribution in [3.8, 4) is 0 Å². The van der Waals surface area contributed by atoms with Crippen molar-refractivity contribution >= 4 is 52.2 Å². The molecule has 1 aromatic carbocycles. The summed E-state index contributed by atoms with van der Waals surface area (Å²) in [6.45, 7) is 0.771. The third-order valence-electron chi connectivity index (χ3n) is 3.36. The van der Waals surface area contributed by atoms with Crippen LogP contribution in [0, 0.1) is 0 Å². The van der Waals surface area contributed by atoms with E-state index in [2.05, 4.69) is 0 Å². The van der Waals surface area contributed by atoms with Gasteiger partial charge in [-0.3, -0.25) is 4.79 Å². The van der Waals surface area contributed by atoms with E-state index in [9.17, 15) is 4.79 Å². The monoisotopic (exact) mass is 354 g/mol. The first-order chi connectivity index (χ1) is 9.50. The zero-order chi connectivity index (χ0) is 14.7. The highest BCUT2D eigenvalue weighted by Crippen LogP contribution is 2.38. The van der Waals surface area contributed by atoms with Crippen molar-refractivity contribution in [2.24, 2.45) is 0 Å². The van der Waals surface area contributed by atoms with Crippen LogP contribution in [0.2, 0.25) is 20.1 Å². The van der Waals surface area contributed by atoms with Gasteiger partial charge in [0.15, 0.2) is 5.78 Å². The fraction of sp³-hybridized carbons (Fsp3) is 0.500. The van der Waals surface area contributed by atoms with Crippen LogP contribution >= 0.6 is 46.4 Å². The van der Waals surface area contributed by atoms with Gasteiger partial charge in [0, 0.05) is 13.0 Å². The Morgan fingerprint density at radius 2 is 1.90 bits per heavy atom. The topological polar surface area (TPSA) is 26.3 Å². The SMILES string of the molecule is O=C(CCC1CCCCO1)c1c(Cl)cc(Cl)c(Cl)c1Cl. The number of hydrogen-bond acceptors (Lipinski definition) is 2. The summed E-state index contributed by atoms with van der Waals surface area (Å²) < 4.78 is 5.60. The normalized spacial score (nSPS) is 19.1. The molecule has 0 radical (unpaired) electrons. The quantitative estimate of drug-likeness (QED) is 0.385. The summed E-state index contributed by atoms with van der Waals surface area (Å²) in [6, 6.07) is 1.45. The summed E-state index contributed by atoms with van der Waals surface area (Å²) in [5.41, 5.74) is 0.249. The largest absolute Gasteiger partial charge is 0.378 e. The standard InChI is InChI=1S/C14H14Cl4O2/c15-9-7-10(16)13(17)14(18)12(9)11(19)5-4-8-3-1-2-6-20-8/h7-8H,1-6H2. The van der Waals surface area contributed by atoms with Crippen LogP contribution < -0.4 is 0 Å². The zero-order valence-electron chi connectivity index (χ0n) is 10.7. The van der Waals surface area contributed by atoms with Crippen molar-refractivity contribution < 1.29 is 9.53 Å². The molecule has 1 aromatic rings. The van der Waals surface area contributed by atoms with E-state index in [0.29, 0.717) is 12.8 Å². The smallest absolute Gasteiger partial charge is 0.166 e. The van der Waals surface area contributed by atoms with Gasteiger partial charge in [-0.25, -0.2) is 0 Å². The van der Waals surface area contributed by atoms with Gasteiger partial charge >= 0.3 is 0 Å². The number of ether oxygens (including phenoxy) is 1. The highest BCUT2D eigenvalue weighted by atomic mass is 35.5. The molecule has 0 bridgehead atoms. The molecule has 110 valence electrons. The second-order valence-corrected chi connectivity index (χ2v) is 6.36. The predicted octanol–water partition coefficient (Wildman–Crippen LogP) is 5.83. The Hall–Kier alpha value is 0.01000. The Labute approximate surface area is 138 Å². The summed E-state index contributed by atoms with van der Waals surface area (Å²) in [5.74, 6) is -0.132. The average molecular weight is 356 g/mol. The summed E-state index contributed by atoms with van der Waals surface area (Å²) >= 11 is 23.9. The summed E-state index contributed by atoms with van der Waals surface area (Å²) in [4.78, 5) is 12.3. The Balaban J connectivity index is 2.07. The maximum Gasteiger partial charge on any atom is 0.166 e. The molecule has 1 atom stereocenters. The Kier molecular flexibility index (Phi) is 6.00. The van der Waals surface area contributed by atoms with Crippen LogP contribution in [0.1, 0.15) is 42.5 Å². The predicted molar refractivity (Wildman–Crippen MR) is 83.6 cm³/mol. The molecule has 0 saturated carbocycles. The highest BCUT2D eigenvalue weighted by Gasteiger charge is 2.21. The van der Waals surface area contributed by atoms with E-state index >= 15 is 0 Å². The highest BCUT2D eigenvalue weighted by molar-refractivity contribution is 6.51. The van der Waals surface area contributed by atoms with E-state index in [1.807, 2.05) is 0 Å². The molecule has 2 nitrogen and oxygen atoms in total. The molecule has 1 unspecified atom stereocenters. The minimum Gasteiger partial charge on any atom is -0.378 e. The molecule has 6 heteroatoms. The number of halogens is 4.